The van der Waals surface area contributed by atoms with Gasteiger partial charge in [0.25, 0.3) is 11.6 Å². The molecule has 0 saturated heterocycles. The molecule has 1 aromatic rings. The summed E-state index contributed by atoms with van der Waals surface area (Å²) < 4.78 is 0. The van der Waals surface area contributed by atoms with Crippen LogP contribution < -0.4 is 5.32 Å². The molecule has 0 saturated carbocycles. The van der Waals surface area contributed by atoms with Crippen molar-refractivity contribution in [2.24, 2.45) is 0 Å². The van der Waals surface area contributed by atoms with Crippen molar-refractivity contribution in [2.45, 2.75) is 0 Å². The van der Waals surface area contributed by atoms with Crippen LogP contribution in [0.25, 0.3) is 0 Å². The minimum atomic E-state index is -0.591. The number of carbonyl (C=O) groups is 1. The minimum Gasteiger partial charge on any atom is -0.355 e. The second kappa shape index (κ2) is 3.66. The summed E-state index contributed by atoms with van der Waals surface area (Å²) in [5, 5.41) is 12.7. The third kappa shape index (κ3) is 2.02. The van der Waals surface area contributed by atoms with Crippen molar-refractivity contribution < 1.29 is 9.72 Å². The first-order valence-corrected chi connectivity index (χ1v) is 3.54. The average Bonchev–Trinajstić information content (AvgIpc) is 2.17. The molecule has 0 bridgehead atoms. The average molecular weight is 179 g/mol. The van der Waals surface area contributed by atoms with Gasteiger partial charge in [0.2, 0.25) is 0 Å². The summed E-state index contributed by atoms with van der Waals surface area (Å²) in [6.07, 6.45) is 0. The van der Waals surface area contributed by atoms with E-state index in [-0.39, 0.29) is 17.2 Å². The maximum Gasteiger partial charge on any atom is 0.278 e. The molecule has 0 heterocycles. The van der Waals surface area contributed by atoms with Crippen LogP contribution in [0.5, 0.6) is 0 Å². The number of rotatable bonds is 2. The van der Waals surface area contributed by atoms with Crippen LogP contribution in [-0.2, 0) is 0 Å². The fourth-order valence-corrected chi connectivity index (χ4v) is 0.830. The summed E-state index contributed by atoms with van der Waals surface area (Å²) in [5.41, 5.74) is -0.0437. The molecule has 0 aliphatic heterocycles. The number of hydrogen-bond donors (Lipinski definition) is 1. The highest BCUT2D eigenvalue weighted by Crippen LogP contribution is 2.11. The van der Waals surface area contributed by atoms with Gasteiger partial charge in [-0.3, -0.25) is 14.9 Å². The van der Waals surface area contributed by atoms with Gasteiger partial charge in [-0.1, -0.05) is 6.07 Å². The van der Waals surface area contributed by atoms with Crippen LogP contribution in [0, 0.1) is 16.2 Å². The fraction of sp³-hybridized carbons (Fsp3) is 0.125. The highest BCUT2D eigenvalue weighted by molar-refractivity contribution is 5.94. The van der Waals surface area contributed by atoms with Gasteiger partial charge in [-0.2, -0.15) is 0 Å². The van der Waals surface area contributed by atoms with Crippen LogP contribution in [0.4, 0.5) is 5.69 Å². The maximum atomic E-state index is 11.0. The van der Waals surface area contributed by atoms with E-state index in [4.69, 9.17) is 0 Å². The second-order valence-electron chi connectivity index (χ2n) is 2.29. The SMILES string of the molecule is CNC(=O)c1[c]c([N+](=O)[O-])ccc1. The van der Waals surface area contributed by atoms with E-state index in [0.717, 1.165) is 0 Å². The van der Waals surface area contributed by atoms with Crippen molar-refractivity contribution in [3.63, 3.8) is 0 Å². The molecule has 1 amide bonds. The lowest BCUT2D eigenvalue weighted by molar-refractivity contribution is -0.385. The molecular weight excluding hydrogens is 172 g/mol. The molecule has 5 nitrogen and oxygen atoms in total. The molecule has 5 heteroatoms. The van der Waals surface area contributed by atoms with Gasteiger partial charge < -0.3 is 5.32 Å². The maximum absolute atomic E-state index is 11.0. The molecule has 0 spiro atoms. The fourth-order valence-electron chi connectivity index (χ4n) is 0.830. The van der Waals surface area contributed by atoms with E-state index in [1.165, 1.54) is 25.2 Å². The number of nitrogens with one attached hydrogen (secondary N) is 1. The Morgan fingerprint density at radius 2 is 2.31 bits per heavy atom. The Hall–Kier alpha value is -1.91. The van der Waals surface area contributed by atoms with Gasteiger partial charge in [0.15, 0.2) is 0 Å². The molecule has 1 rings (SSSR count). The van der Waals surface area contributed by atoms with E-state index < -0.39 is 4.92 Å². The highest BCUT2D eigenvalue weighted by Gasteiger charge is 2.10. The zero-order chi connectivity index (χ0) is 9.84. The lowest BCUT2D eigenvalue weighted by atomic mass is 10.2. The summed E-state index contributed by atoms with van der Waals surface area (Å²) >= 11 is 0. The molecule has 1 aromatic carbocycles. The quantitative estimate of drug-likeness (QED) is 0.538. The van der Waals surface area contributed by atoms with Gasteiger partial charge in [-0.05, 0) is 6.07 Å². The van der Waals surface area contributed by atoms with Crippen molar-refractivity contribution in [3.8, 4) is 0 Å². The van der Waals surface area contributed by atoms with Crippen molar-refractivity contribution in [1.29, 1.82) is 0 Å². The summed E-state index contributed by atoms with van der Waals surface area (Å²) in [4.78, 5) is 20.7. The molecule has 1 N–H and O–H groups in total. The van der Waals surface area contributed by atoms with E-state index in [1.807, 2.05) is 0 Å². The summed E-state index contributed by atoms with van der Waals surface area (Å²) in [5.74, 6) is -0.385. The number of nitrogens with zero attached hydrogens (tertiary/aromatic N) is 1. The smallest absolute Gasteiger partial charge is 0.278 e. The molecule has 0 fully saturated rings. The number of nitro benzene ring substituents is 1. The third-order valence-corrected chi connectivity index (χ3v) is 1.45. The van der Waals surface area contributed by atoms with Gasteiger partial charge in [-0.15, -0.1) is 0 Å². The second-order valence-corrected chi connectivity index (χ2v) is 2.29. The van der Waals surface area contributed by atoms with Gasteiger partial charge in [0.1, 0.15) is 0 Å². The third-order valence-electron chi connectivity index (χ3n) is 1.45. The van der Waals surface area contributed by atoms with Crippen molar-refractivity contribution >= 4 is 11.6 Å². The van der Waals surface area contributed by atoms with Crippen LogP contribution in [0.3, 0.4) is 0 Å². The van der Waals surface area contributed by atoms with E-state index in [0.29, 0.717) is 0 Å². The number of amides is 1. The van der Waals surface area contributed by atoms with Crippen LogP contribution in [0.15, 0.2) is 18.2 Å². The van der Waals surface area contributed by atoms with Gasteiger partial charge in [0.05, 0.1) is 16.6 Å². The van der Waals surface area contributed by atoms with E-state index in [2.05, 4.69) is 11.4 Å². The monoisotopic (exact) mass is 179 g/mol. The van der Waals surface area contributed by atoms with Gasteiger partial charge in [0, 0.05) is 13.1 Å². The Balaban J connectivity index is 3.05. The lowest BCUT2D eigenvalue weighted by Crippen LogP contribution is -2.17. The van der Waals surface area contributed by atoms with E-state index >= 15 is 0 Å². The first-order valence-electron chi connectivity index (χ1n) is 3.54. The number of carbonyl (C=O) groups excluding carboxylic acids is 1. The summed E-state index contributed by atoms with van der Waals surface area (Å²) in [7, 11) is 1.45. The Kier molecular flexibility index (Phi) is 2.59. The van der Waals surface area contributed by atoms with Gasteiger partial charge in [-0.25, -0.2) is 0 Å². The molecule has 0 aromatic heterocycles. The normalized spacial score (nSPS) is 9.31. The van der Waals surface area contributed by atoms with Gasteiger partial charge >= 0.3 is 0 Å². The number of benzene rings is 1. The Bertz CT molecular complexity index is 349. The van der Waals surface area contributed by atoms with E-state index in [9.17, 15) is 14.9 Å². The van der Waals surface area contributed by atoms with Crippen LogP contribution >= 0.6 is 0 Å². The molecule has 0 unspecified atom stereocenters. The number of nitro groups is 1. The minimum absolute atomic E-state index is 0.164. The highest BCUT2D eigenvalue weighted by atomic mass is 16.6. The molecule has 0 aliphatic rings. The Morgan fingerprint density at radius 3 is 2.85 bits per heavy atom. The molecule has 13 heavy (non-hydrogen) atoms. The van der Waals surface area contributed by atoms with Crippen LogP contribution in [0.2, 0.25) is 0 Å². The summed E-state index contributed by atoms with van der Waals surface area (Å²) in [6.45, 7) is 0. The van der Waals surface area contributed by atoms with Crippen molar-refractivity contribution in [2.75, 3.05) is 7.05 Å². The Morgan fingerprint density at radius 1 is 1.62 bits per heavy atom. The first-order chi connectivity index (χ1) is 6.15. The first kappa shape index (κ1) is 9.18. The van der Waals surface area contributed by atoms with E-state index in [1.54, 1.807) is 0 Å². The predicted molar refractivity (Wildman–Crippen MR) is 45.3 cm³/mol. The summed E-state index contributed by atoms with van der Waals surface area (Å²) in [6, 6.07) is 6.58. The molecular formula is C8H7N2O3. The zero-order valence-corrected chi connectivity index (χ0v) is 6.90. The standard InChI is InChI=1S/C8H7N2O3/c1-9-8(11)6-3-2-4-7(5-6)10(12)13/h2-4H,1H3,(H,9,11). The lowest BCUT2D eigenvalue weighted by Gasteiger charge is -1.97. The topological polar surface area (TPSA) is 72.2 Å². The predicted octanol–water partition coefficient (Wildman–Crippen LogP) is 0.755. The number of non-ortho nitro benzene ring substituents is 1. The zero-order valence-electron chi connectivity index (χ0n) is 6.90. The van der Waals surface area contributed by atoms with Crippen LogP contribution in [-0.4, -0.2) is 17.9 Å². The largest absolute Gasteiger partial charge is 0.355 e. The molecule has 0 atom stereocenters. The van der Waals surface area contributed by atoms with Crippen LogP contribution in [0.1, 0.15) is 10.4 Å². The van der Waals surface area contributed by atoms with Crippen molar-refractivity contribution in [1.82, 2.24) is 5.32 Å². The molecule has 0 aliphatic carbocycles. The number of hydrogen-bond acceptors (Lipinski definition) is 3. The molecule has 1 radical (unpaired) electrons. The Labute approximate surface area is 74.5 Å². The molecule has 67 valence electrons. The van der Waals surface area contributed by atoms with Crippen molar-refractivity contribution in [3.05, 3.63) is 39.9 Å².